The number of Topliss-reactive ketones (excluding diaryl/α,β-unsaturated/α-hetero) is 1. The zero-order valence-electron chi connectivity index (χ0n) is 13.0. The van der Waals surface area contributed by atoms with E-state index in [1.165, 1.54) is 5.56 Å². The van der Waals surface area contributed by atoms with E-state index in [2.05, 4.69) is 38.1 Å². The zero-order chi connectivity index (χ0) is 14.8. The van der Waals surface area contributed by atoms with Crippen molar-refractivity contribution in [3.63, 3.8) is 0 Å². The van der Waals surface area contributed by atoms with Crippen molar-refractivity contribution in [2.75, 3.05) is 6.54 Å². The highest BCUT2D eigenvalue weighted by molar-refractivity contribution is 5.78. The summed E-state index contributed by atoms with van der Waals surface area (Å²) in [5.74, 6) is 1.62. The second kappa shape index (κ2) is 9.71. The quantitative estimate of drug-likeness (QED) is 0.702. The van der Waals surface area contributed by atoms with Crippen LogP contribution in [0.15, 0.2) is 30.3 Å². The number of hydrogen-bond acceptors (Lipinski definition) is 2. The smallest absolute Gasteiger partial charge is 0.132 e. The lowest BCUT2D eigenvalue weighted by molar-refractivity contribution is -0.119. The molecule has 1 aromatic carbocycles. The number of aryl methyl sites for hydroxylation is 1. The van der Waals surface area contributed by atoms with Gasteiger partial charge in [0.1, 0.15) is 5.78 Å². The molecule has 0 bridgehead atoms. The third-order valence-electron chi connectivity index (χ3n) is 4.04. The summed E-state index contributed by atoms with van der Waals surface area (Å²) in [5, 5.41) is 0. The molecule has 0 fully saturated rings. The van der Waals surface area contributed by atoms with Gasteiger partial charge in [0.15, 0.2) is 0 Å². The molecule has 2 nitrogen and oxygen atoms in total. The molecule has 2 N–H and O–H groups in total. The second-order valence-electron chi connectivity index (χ2n) is 6.00. The van der Waals surface area contributed by atoms with E-state index in [1.54, 1.807) is 0 Å². The fourth-order valence-corrected chi connectivity index (χ4v) is 2.63. The van der Waals surface area contributed by atoms with Crippen LogP contribution in [-0.4, -0.2) is 12.3 Å². The Bertz CT molecular complexity index is 372. The summed E-state index contributed by atoms with van der Waals surface area (Å²) < 4.78 is 0. The topological polar surface area (TPSA) is 43.1 Å². The van der Waals surface area contributed by atoms with Crippen molar-refractivity contribution in [1.82, 2.24) is 0 Å². The van der Waals surface area contributed by atoms with Gasteiger partial charge in [0.25, 0.3) is 0 Å². The van der Waals surface area contributed by atoms with Crippen LogP contribution in [0.1, 0.15) is 51.5 Å². The van der Waals surface area contributed by atoms with Crippen molar-refractivity contribution in [2.45, 2.75) is 52.4 Å². The maximum absolute atomic E-state index is 11.9. The summed E-state index contributed by atoms with van der Waals surface area (Å²) in [6, 6.07) is 10.4. The van der Waals surface area contributed by atoms with Crippen molar-refractivity contribution in [1.29, 1.82) is 0 Å². The molecule has 0 aliphatic rings. The third kappa shape index (κ3) is 6.85. The molecule has 2 heteroatoms. The minimum atomic E-state index is 0.406. The Morgan fingerprint density at radius 3 is 2.40 bits per heavy atom. The van der Waals surface area contributed by atoms with E-state index in [0.717, 1.165) is 38.6 Å². The van der Waals surface area contributed by atoms with Crippen molar-refractivity contribution in [3.8, 4) is 0 Å². The SMILES string of the molecule is CC(C)C(CCN)CCC(=O)CCCc1ccccc1. The van der Waals surface area contributed by atoms with Gasteiger partial charge in [0.2, 0.25) is 0 Å². The summed E-state index contributed by atoms with van der Waals surface area (Å²) in [4.78, 5) is 11.9. The lowest BCUT2D eigenvalue weighted by Gasteiger charge is -2.19. The fraction of sp³-hybridized carbons (Fsp3) is 0.611. The molecule has 112 valence electrons. The van der Waals surface area contributed by atoms with Crippen molar-refractivity contribution >= 4 is 5.78 Å². The van der Waals surface area contributed by atoms with E-state index in [1.807, 2.05) is 6.07 Å². The van der Waals surface area contributed by atoms with E-state index in [9.17, 15) is 4.79 Å². The average molecular weight is 275 g/mol. The molecule has 0 saturated heterocycles. The number of nitrogens with two attached hydrogens (primary N) is 1. The van der Waals surface area contributed by atoms with Gasteiger partial charge in [-0.25, -0.2) is 0 Å². The molecular weight excluding hydrogens is 246 g/mol. The molecule has 0 aromatic heterocycles. The van der Waals surface area contributed by atoms with Crippen LogP contribution < -0.4 is 5.73 Å². The van der Waals surface area contributed by atoms with E-state index in [-0.39, 0.29) is 0 Å². The molecule has 1 aromatic rings. The maximum atomic E-state index is 11.9. The molecule has 0 saturated carbocycles. The maximum Gasteiger partial charge on any atom is 0.132 e. The molecule has 0 heterocycles. The number of hydrogen-bond donors (Lipinski definition) is 1. The fourth-order valence-electron chi connectivity index (χ4n) is 2.63. The van der Waals surface area contributed by atoms with Gasteiger partial charge in [-0.15, -0.1) is 0 Å². The number of carbonyl (C=O) groups is 1. The van der Waals surface area contributed by atoms with Gasteiger partial charge in [-0.3, -0.25) is 4.79 Å². The average Bonchev–Trinajstić information content (AvgIpc) is 2.44. The Morgan fingerprint density at radius 1 is 1.10 bits per heavy atom. The molecule has 20 heavy (non-hydrogen) atoms. The molecule has 0 aliphatic heterocycles. The monoisotopic (exact) mass is 275 g/mol. The predicted molar refractivity (Wildman–Crippen MR) is 85.6 cm³/mol. The predicted octanol–water partition coefficient (Wildman–Crippen LogP) is 3.98. The van der Waals surface area contributed by atoms with Gasteiger partial charge < -0.3 is 5.73 Å². The van der Waals surface area contributed by atoms with Crippen LogP contribution in [0.2, 0.25) is 0 Å². The first-order chi connectivity index (χ1) is 9.63. The molecule has 0 radical (unpaired) electrons. The van der Waals surface area contributed by atoms with Crippen LogP contribution in [0.5, 0.6) is 0 Å². The van der Waals surface area contributed by atoms with Crippen molar-refractivity contribution in [3.05, 3.63) is 35.9 Å². The molecule has 1 rings (SSSR count). The zero-order valence-corrected chi connectivity index (χ0v) is 13.0. The van der Waals surface area contributed by atoms with Crippen LogP contribution in [0.25, 0.3) is 0 Å². The first-order valence-corrected chi connectivity index (χ1v) is 7.89. The minimum absolute atomic E-state index is 0.406. The van der Waals surface area contributed by atoms with Gasteiger partial charge in [0.05, 0.1) is 0 Å². The van der Waals surface area contributed by atoms with Gasteiger partial charge in [-0.1, -0.05) is 44.2 Å². The van der Waals surface area contributed by atoms with Crippen molar-refractivity contribution in [2.24, 2.45) is 17.6 Å². The number of rotatable bonds is 10. The molecule has 1 unspecified atom stereocenters. The lowest BCUT2D eigenvalue weighted by Crippen LogP contribution is -2.15. The Kier molecular flexibility index (Phi) is 8.20. The number of benzene rings is 1. The van der Waals surface area contributed by atoms with Crippen molar-refractivity contribution < 1.29 is 4.79 Å². The Morgan fingerprint density at radius 2 is 1.80 bits per heavy atom. The van der Waals surface area contributed by atoms with E-state index in [4.69, 9.17) is 5.73 Å². The van der Waals surface area contributed by atoms with Gasteiger partial charge >= 0.3 is 0 Å². The Labute approximate surface area is 123 Å². The standard InChI is InChI=1S/C18H29NO/c1-15(2)17(13-14-19)11-12-18(20)10-6-9-16-7-4-3-5-8-16/h3-5,7-8,15,17H,6,9-14,19H2,1-2H3. The largest absolute Gasteiger partial charge is 0.330 e. The van der Waals surface area contributed by atoms with Crippen LogP contribution >= 0.6 is 0 Å². The van der Waals surface area contributed by atoms with Crippen LogP contribution in [0.3, 0.4) is 0 Å². The number of ketones is 1. The summed E-state index contributed by atoms with van der Waals surface area (Å²) in [5.41, 5.74) is 6.96. The Balaban J connectivity index is 2.20. The second-order valence-corrected chi connectivity index (χ2v) is 6.00. The van der Waals surface area contributed by atoms with Crippen LogP contribution in [0.4, 0.5) is 0 Å². The Hall–Kier alpha value is -1.15. The highest BCUT2D eigenvalue weighted by Crippen LogP contribution is 2.21. The molecule has 0 aliphatic carbocycles. The third-order valence-corrected chi connectivity index (χ3v) is 4.04. The minimum Gasteiger partial charge on any atom is -0.330 e. The van der Waals surface area contributed by atoms with Gasteiger partial charge in [-0.05, 0) is 49.6 Å². The van der Waals surface area contributed by atoms with E-state index >= 15 is 0 Å². The first kappa shape index (κ1) is 16.9. The number of carbonyl (C=O) groups excluding carboxylic acids is 1. The molecular formula is C18H29NO. The van der Waals surface area contributed by atoms with E-state index in [0.29, 0.717) is 24.0 Å². The first-order valence-electron chi connectivity index (χ1n) is 7.89. The highest BCUT2D eigenvalue weighted by Gasteiger charge is 2.14. The molecule has 0 spiro atoms. The summed E-state index contributed by atoms with van der Waals surface area (Å²) >= 11 is 0. The van der Waals surface area contributed by atoms with Crippen LogP contribution in [0, 0.1) is 11.8 Å². The summed E-state index contributed by atoms with van der Waals surface area (Å²) in [7, 11) is 0. The van der Waals surface area contributed by atoms with Gasteiger partial charge in [-0.2, -0.15) is 0 Å². The van der Waals surface area contributed by atoms with E-state index < -0.39 is 0 Å². The normalized spacial score (nSPS) is 12.6. The lowest BCUT2D eigenvalue weighted by atomic mass is 9.87. The molecule has 1 atom stereocenters. The highest BCUT2D eigenvalue weighted by atomic mass is 16.1. The molecule has 0 amide bonds. The summed E-state index contributed by atoms with van der Waals surface area (Å²) in [6.07, 6.45) is 5.43. The van der Waals surface area contributed by atoms with Crippen LogP contribution in [-0.2, 0) is 11.2 Å². The summed E-state index contributed by atoms with van der Waals surface area (Å²) in [6.45, 7) is 5.17. The van der Waals surface area contributed by atoms with Gasteiger partial charge in [0, 0.05) is 12.8 Å².